The topological polar surface area (TPSA) is 30.7 Å². The van der Waals surface area contributed by atoms with E-state index < -0.39 is 0 Å². The van der Waals surface area contributed by atoms with Gasteiger partial charge in [-0.3, -0.25) is 4.57 Å². The number of hydrogen-bond donors (Lipinski definition) is 0. The summed E-state index contributed by atoms with van der Waals surface area (Å²) < 4.78 is 2.27. The Morgan fingerprint density at radius 1 is 0.316 bits per heavy atom. The van der Waals surface area contributed by atoms with E-state index in [4.69, 9.17) is 9.97 Å². The van der Waals surface area contributed by atoms with Crippen molar-refractivity contribution in [3.63, 3.8) is 0 Å². The van der Waals surface area contributed by atoms with Gasteiger partial charge in [-0.1, -0.05) is 182 Å². The van der Waals surface area contributed by atoms with E-state index in [2.05, 4.69) is 217 Å². The van der Waals surface area contributed by atoms with Gasteiger partial charge in [-0.25, -0.2) is 9.97 Å². The molecule has 0 aliphatic carbocycles. The molecule has 9 aromatic carbocycles. The van der Waals surface area contributed by atoms with Gasteiger partial charge in [0.2, 0.25) is 0 Å². The van der Waals surface area contributed by atoms with Crippen molar-refractivity contribution in [3.8, 4) is 61.7 Å². The first-order valence-corrected chi connectivity index (χ1v) is 19.4. The minimum Gasteiger partial charge on any atom is -0.294 e. The van der Waals surface area contributed by atoms with Crippen LogP contribution in [-0.2, 0) is 0 Å². The Morgan fingerprint density at radius 3 is 1.37 bits per heavy atom. The summed E-state index contributed by atoms with van der Waals surface area (Å²) in [4.78, 5) is 10.8. The molecule has 0 N–H and O–H groups in total. The third-order valence-corrected chi connectivity index (χ3v) is 11.2. The second kappa shape index (κ2) is 13.6. The molecule has 0 spiro atoms. The van der Waals surface area contributed by atoms with Gasteiger partial charge in [-0.05, 0) is 85.3 Å². The Labute approximate surface area is 330 Å². The number of benzene rings is 9. The zero-order valence-corrected chi connectivity index (χ0v) is 31.0. The SMILES string of the molecule is c1ccc(-c2c3ccccc3c(-c3cccc(-c4cccc(-c5nc(-c6ccccc6)c6c7ccccc7n(-c7ccccc7)c6n5)c4)c3)c3ccccc23)cc1. The van der Waals surface area contributed by atoms with Crippen molar-refractivity contribution in [1.82, 2.24) is 14.5 Å². The smallest absolute Gasteiger partial charge is 0.162 e. The average molecular weight is 726 g/mol. The molecular weight excluding hydrogens is 691 g/mol. The second-order valence-corrected chi connectivity index (χ2v) is 14.5. The van der Waals surface area contributed by atoms with Crippen LogP contribution in [0.5, 0.6) is 0 Å². The maximum absolute atomic E-state index is 5.40. The summed E-state index contributed by atoms with van der Waals surface area (Å²) in [6.45, 7) is 0. The standard InChI is InChI=1S/C54H35N3/c1-4-18-36(19-5-1)49-43-28-10-12-30-45(43)50(46-31-13-11-29-44(46)49)40-24-16-22-38(34-40)39-23-17-25-41(35-39)53-55-52(37-20-6-2-7-21-37)51-47-32-14-15-33-48(47)57(54(51)56-53)42-26-8-3-9-27-42/h1-35H. The number of nitrogens with zero attached hydrogens (tertiary/aromatic N) is 3. The van der Waals surface area contributed by atoms with Gasteiger partial charge in [0.25, 0.3) is 0 Å². The van der Waals surface area contributed by atoms with Crippen molar-refractivity contribution < 1.29 is 0 Å². The van der Waals surface area contributed by atoms with E-state index in [0.29, 0.717) is 5.82 Å². The first-order chi connectivity index (χ1) is 28.3. The van der Waals surface area contributed by atoms with Crippen molar-refractivity contribution in [2.45, 2.75) is 0 Å². The molecule has 57 heavy (non-hydrogen) atoms. The zero-order valence-electron chi connectivity index (χ0n) is 31.0. The van der Waals surface area contributed by atoms with Crippen LogP contribution in [-0.4, -0.2) is 14.5 Å². The van der Waals surface area contributed by atoms with Gasteiger partial charge in [0.15, 0.2) is 5.82 Å². The van der Waals surface area contributed by atoms with E-state index in [1.165, 1.54) is 43.8 Å². The molecule has 266 valence electrons. The first-order valence-electron chi connectivity index (χ1n) is 19.4. The van der Waals surface area contributed by atoms with Gasteiger partial charge < -0.3 is 0 Å². The molecule has 0 saturated heterocycles. The van der Waals surface area contributed by atoms with Crippen LogP contribution in [0, 0.1) is 0 Å². The molecule has 11 aromatic rings. The highest BCUT2D eigenvalue weighted by Gasteiger charge is 2.21. The lowest BCUT2D eigenvalue weighted by atomic mass is 9.85. The Balaban J connectivity index is 1.10. The number of para-hydroxylation sites is 2. The third-order valence-electron chi connectivity index (χ3n) is 11.2. The number of hydrogen-bond acceptors (Lipinski definition) is 2. The fourth-order valence-corrected chi connectivity index (χ4v) is 8.67. The molecule has 3 heteroatoms. The summed E-state index contributed by atoms with van der Waals surface area (Å²) in [5.41, 5.74) is 13.2. The molecule has 0 saturated carbocycles. The highest BCUT2D eigenvalue weighted by atomic mass is 15.1. The largest absolute Gasteiger partial charge is 0.294 e. The molecule has 0 bridgehead atoms. The van der Waals surface area contributed by atoms with Crippen LogP contribution in [0.1, 0.15) is 0 Å². The summed E-state index contributed by atoms with van der Waals surface area (Å²) >= 11 is 0. The quantitative estimate of drug-likeness (QED) is 0.160. The number of rotatable bonds is 6. The monoisotopic (exact) mass is 725 g/mol. The van der Waals surface area contributed by atoms with E-state index in [9.17, 15) is 0 Å². The molecule has 2 aromatic heterocycles. The van der Waals surface area contributed by atoms with E-state index >= 15 is 0 Å². The lowest BCUT2D eigenvalue weighted by Crippen LogP contribution is -1.99. The van der Waals surface area contributed by atoms with Crippen molar-refractivity contribution in [2.24, 2.45) is 0 Å². The molecule has 0 fully saturated rings. The highest BCUT2D eigenvalue weighted by molar-refractivity contribution is 6.21. The molecule has 0 unspecified atom stereocenters. The van der Waals surface area contributed by atoms with Gasteiger partial charge in [0.1, 0.15) is 5.65 Å². The molecule has 2 heterocycles. The summed E-state index contributed by atoms with van der Waals surface area (Å²) in [6.07, 6.45) is 0. The first kappa shape index (κ1) is 32.8. The normalized spacial score (nSPS) is 11.5. The molecule has 0 radical (unpaired) electrons. The fraction of sp³-hybridized carbons (Fsp3) is 0. The number of fused-ring (bicyclic) bond motifs is 5. The van der Waals surface area contributed by atoms with Gasteiger partial charge in [0.05, 0.1) is 16.6 Å². The molecular formula is C54H35N3. The van der Waals surface area contributed by atoms with Gasteiger partial charge in [-0.15, -0.1) is 0 Å². The van der Waals surface area contributed by atoms with Crippen molar-refractivity contribution in [1.29, 1.82) is 0 Å². The lowest BCUT2D eigenvalue weighted by Gasteiger charge is -2.18. The molecule has 0 atom stereocenters. The van der Waals surface area contributed by atoms with Crippen LogP contribution in [0.25, 0.3) is 105 Å². The zero-order chi connectivity index (χ0) is 37.7. The Bertz CT molecular complexity index is 3220. The van der Waals surface area contributed by atoms with Crippen LogP contribution < -0.4 is 0 Å². The van der Waals surface area contributed by atoms with Gasteiger partial charge >= 0.3 is 0 Å². The van der Waals surface area contributed by atoms with E-state index in [1.54, 1.807) is 0 Å². The summed E-state index contributed by atoms with van der Waals surface area (Å²) in [7, 11) is 0. The summed E-state index contributed by atoms with van der Waals surface area (Å²) in [5, 5.41) is 7.16. The van der Waals surface area contributed by atoms with Crippen molar-refractivity contribution >= 4 is 43.5 Å². The van der Waals surface area contributed by atoms with Crippen LogP contribution in [0.4, 0.5) is 0 Å². The number of aromatic nitrogens is 3. The van der Waals surface area contributed by atoms with Crippen LogP contribution >= 0.6 is 0 Å². The predicted octanol–water partition coefficient (Wildman–Crippen LogP) is 14.2. The van der Waals surface area contributed by atoms with E-state index in [1.807, 2.05) is 0 Å². The Kier molecular flexibility index (Phi) is 7.82. The fourth-order valence-electron chi connectivity index (χ4n) is 8.67. The summed E-state index contributed by atoms with van der Waals surface area (Å²) in [6, 6.07) is 75.6. The van der Waals surface area contributed by atoms with Crippen LogP contribution in [0.2, 0.25) is 0 Å². The maximum Gasteiger partial charge on any atom is 0.162 e. The minimum absolute atomic E-state index is 0.688. The second-order valence-electron chi connectivity index (χ2n) is 14.5. The molecule has 0 aliphatic rings. The highest BCUT2D eigenvalue weighted by Crippen LogP contribution is 2.44. The lowest BCUT2D eigenvalue weighted by molar-refractivity contribution is 1.11. The van der Waals surface area contributed by atoms with Crippen LogP contribution in [0.3, 0.4) is 0 Å². The van der Waals surface area contributed by atoms with Gasteiger partial charge in [0, 0.05) is 22.2 Å². The van der Waals surface area contributed by atoms with Gasteiger partial charge in [-0.2, -0.15) is 0 Å². The van der Waals surface area contributed by atoms with E-state index in [0.717, 1.165) is 55.6 Å². The average Bonchev–Trinajstić information content (AvgIpc) is 3.63. The van der Waals surface area contributed by atoms with E-state index in [-0.39, 0.29) is 0 Å². The molecule has 3 nitrogen and oxygen atoms in total. The minimum atomic E-state index is 0.688. The van der Waals surface area contributed by atoms with Crippen molar-refractivity contribution in [2.75, 3.05) is 0 Å². The van der Waals surface area contributed by atoms with Crippen LogP contribution in [0.15, 0.2) is 212 Å². The Morgan fingerprint density at radius 2 is 0.754 bits per heavy atom. The van der Waals surface area contributed by atoms with Crippen molar-refractivity contribution in [3.05, 3.63) is 212 Å². The predicted molar refractivity (Wildman–Crippen MR) is 239 cm³/mol. The third kappa shape index (κ3) is 5.51. The molecule has 0 aliphatic heterocycles. The summed E-state index contributed by atoms with van der Waals surface area (Å²) in [5.74, 6) is 0.688. The molecule has 0 amide bonds. The molecule has 11 rings (SSSR count). The maximum atomic E-state index is 5.40. The Hall–Kier alpha value is -7.62.